The zero-order valence-corrected chi connectivity index (χ0v) is 16.0. The van der Waals surface area contributed by atoms with Crippen molar-refractivity contribution in [2.24, 2.45) is 4.99 Å². The second kappa shape index (κ2) is 12.7. The molecule has 1 rings (SSSR count). The average molecular weight is 361 g/mol. The van der Waals surface area contributed by atoms with Crippen LogP contribution in [-0.2, 0) is 4.79 Å². The molecule has 1 aromatic carbocycles. The van der Waals surface area contributed by atoms with Gasteiger partial charge in [0.05, 0.1) is 6.54 Å². The van der Waals surface area contributed by atoms with Gasteiger partial charge in [-0.1, -0.05) is 18.2 Å². The van der Waals surface area contributed by atoms with Crippen LogP contribution in [0.15, 0.2) is 35.3 Å². The Morgan fingerprint density at radius 1 is 0.962 bits per heavy atom. The molecule has 144 valence electrons. The van der Waals surface area contributed by atoms with E-state index in [-0.39, 0.29) is 11.8 Å². The number of nitrogens with zero attached hydrogens (tertiary/aromatic N) is 2. The number of carbonyl (C=O) groups is 2. The van der Waals surface area contributed by atoms with E-state index >= 15 is 0 Å². The highest BCUT2D eigenvalue weighted by Crippen LogP contribution is 1.97. The summed E-state index contributed by atoms with van der Waals surface area (Å²) in [5.74, 6) is 0.665. The summed E-state index contributed by atoms with van der Waals surface area (Å²) in [5, 5.41) is 9.15. The minimum Gasteiger partial charge on any atom is -0.357 e. The Kier molecular flexibility index (Phi) is 10.5. The first-order valence-electron chi connectivity index (χ1n) is 9.25. The summed E-state index contributed by atoms with van der Waals surface area (Å²) in [6.45, 7) is 9.56. The molecule has 1 aromatic rings. The lowest BCUT2D eigenvalue weighted by molar-refractivity contribution is -0.130. The van der Waals surface area contributed by atoms with E-state index < -0.39 is 0 Å². The number of rotatable bonds is 10. The molecule has 26 heavy (non-hydrogen) atoms. The first-order chi connectivity index (χ1) is 12.6. The molecule has 0 radical (unpaired) electrons. The summed E-state index contributed by atoms with van der Waals surface area (Å²) < 4.78 is 0. The van der Waals surface area contributed by atoms with Crippen LogP contribution in [-0.4, -0.2) is 61.9 Å². The van der Waals surface area contributed by atoms with Gasteiger partial charge < -0.3 is 20.9 Å². The van der Waals surface area contributed by atoms with E-state index in [1.165, 1.54) is 0 Å². The quantitative estimate of drug-likeness (QED) is 0.332. The number of carbonyl (C=O) groups excluding carboxylic acids is 2. The highest BCUT2D eigenvalue weighted by molar-refractivity contribution is 5.94. The SMILES string of the molecule is CCNC(=NCCC(=O)N(CC)CC)NCCNC(=O)c1ccccc1. The van der Waals surface area contributed by atoms with Crippen molar-refractivity contribution in [1.29, 1.82) is 0 Å². The van der Waals surface area contributed by atoms with Gasteiger partial charge >= 0.3 is 0 Å². The predicted octanol–water partition coefficient (Wildman–Crippen LogP) is 1.23. The third kappa shape index (κ3) is 8.00. The predicted molar refractivity (Wildman–Crippen MR) is 105 cm³/mol. The molecule has 0 aromatic heterocycles. The van der Waals surface area contributed by atoms with Crippen molar-refractivity contribution in [2.45, 2.75) is 27.2 Å². The molecule has 0 unspecified atom stereocenters. The van der Waals surface area contributed by atoms with Crippen molar-refractivity contribution in [1.82, 2.24) is 20.9 Å². The van der Waals surface area contributed by atoms with E-state index in [1.807, 2.05) is 39.0 Å². The van der Waals surface area contributed by atoms with Crippen molar-refractivity contribution in [3.8, 4) is 0 Å². The van der Waals surface area contributed by atoms with Crippen LogP contribution >= 0.6 is 0 Å². The van der Waals surface area contributed by atoms with E-state index in [4.69, 9.17) is 0 Å². The minimum absolute atomic E-state index is 0.0980. The van der Waals surface area contributed by atoms with Crippen LogP contribution in [0.25, 0.3) is 0 Å². The molecule has 0 spiro atoms. The Morgan fingerprint density at radius 2 is 1.62 bits per heavy atom. The van der Waals surface area contributed by atoms with Crippen LogP contribution in [0.3, 0.4) is 0 Å². The van der Waals surface area contributed by atoms with Crippen molar-refractivity contribution >= 4 is 17.8 Å². The molecular weight excluding hydrogens is 330 g/mol. The molecule has 3 N–H and O–H groups in total. The van der Waals surface area contributed by atoms with Gasteiger partial charge in [-0.3, -0.25) is 14.6 Å². The van der Waals surface area contributed by atoms with Gasteiger partial charge in [-0.25, -0.2) is 0 Å². The molecule has 7 heteroatoms. The zero-order valence-electron chi connectivity index (χ0n) is 16.0. The van der Waals surface area contributed by atoms with Crippen LogP contribution in [0, 0.1) is 0 Å². The second-order valence-electron chi connectivity index (χ2n) is 5.63. The third-order valence-electron chi connectivity index (χ3n) is 3.79. The fourth-order valence-electron chi connectivity index (χ4n) is 2.39. The number of aliphatic imine (C=N–C) groups is 1. The molecule has 0 fully saturated rings. The maximum atomic E-state index is 12.0. The molecule has 0 bridgehead atoms. The number of amides is 2. The maximum Gasteiger partial charge on any atom is 0.251 e. The Balaban J connectivity index is 2.35. The normalized spacial score (nSPS) is 11.0. The van der Waals surface area contributed by atoms with Crippen LogP contribution in [0.4, 0.5) is 0 Å². The second-order valence-corrected chi connectivity index (χ2v) is 5.63. The van der Waals surface area contributed by atoms with Gasteiger partial charge in [-0.05, 0) is 32.9 Å². The molecule has 7 nitrogen and oxygen atoms in total. The van der Waals surface area contributed by atoms with Gasteiger partial charge in [0.15, 0.2) is 5.96 Å². The Labute approximate surface area is 156 Å². The third-order valence-corrected chi connectivity index (χ3v) is 3.79. The van der Waals surface area contributed by atoms with E-state index in [0.29, 0.717) is 37.6 Å². The summed E-state index contributed by atoms with van der Waals surface area (Å²) in [6.07, 6.45) is 0.392. The topological polar surface area (TPSA) is 85.8 Å². The molecule has 0 aliphatic rings. The molecule has 2 amide bonds. The lowest BCUT2D eigenvalue weighted by Crippen LogP contribution is -2.41. The van der Waals surface area contributed by atoms with Gasteiger partial charge in [0.2, 0.25) is 5.91 Å². The maximum absolute atomic E-state index is 12.0. The van der Waals surface area contributed by atoms with Crippen molar-refractivity contribution in [2.75, 3.05) is 39.3 Å². The highest BCUT2D eigenvalue weighted by Gasteiger charge is 2.08. The molecule has 0 atom stereocenters. The highest BCUT2D eigenvalue weighted by atomic mass is 16.2. The standard InChI is InChI=1S/C19H31N5O2/c1-4-20-19(22-13-12-17(25)24(5-2)6-3)23-15-14-21-18(26)16-10-8-7-9-11-16/h7-11H,4-6,12-15H2,1-3H3,(H,21,26)(H2,20,22,23). The summed E-state index contributed by atoms with van der Waals surface area (Å²) in [7, 11) is 0. The van der Waals surface area contributed by atoms with Gasteiger partial charge in [0.1, 0.15) is 0 Å². The van der Waals surface area contributed by atoms with Gasteiger partial charge in [-0.2, -0.15) is 0 Å². The van der Waals surface area contributed by atoms with Crippen LogP contribution in [0.5, 0.6) is 0 Å². The van der Waals surface area contributed by atoms with Crippen LogP contribution in [0.1, 0.15) is 37.6 Å². The van der Waals surface area contributed by atoms with Crippen LogP contribution < -0.4 is 16.0 Å². The van der Waals surface area contributed by atoms with Gasteiger partial charge in [0.25, 0.3) is 5.91 Å². The zero-order chi connectivity index (χ0) is 19.2. The van der Waals surface area contributed by atoms with E-state index in [0.717, 1.165) is 19.6 Å². The monoisotopic (exact) mass is 361 g/mol. The fraction of sp³-hybridized carbons (Fsp3) is 0.526. The van der Waals surface area contributed by atoms with E-state index in [1.54, 1.807) is 17.0 Å². The van der Waals surface area contributed by atoms with Crippen molar-refractivity contribution in [3.05, 3.63) is 35.9 Å². The molecule has 0 saturated carbocycles. The number of guanidine groups is 1. The Bertz CT molecular complexity index is 571. The number of hydrogen-bond acceptors (Lipinski definition) is 3. The Hall–Kier alpha value is -2.57. The average Bonchev–Trinajstić information content (AvgIpc) is 2.66. The first-order valence-corrected chi connectivity index (χ1v) is 9.25. The molecule has 0 heterocycles. The summed E-state index contributed by atoms with van der Waals surface area (Å²) in [5.41, 5.74) is 0.642. The number of nitrogens with one attached hydrogen (secondary N) is 3. The molecule has 0 saturated heterocycles. The minimum atomic E-state index is -0.0980. The van der Waals surface area contributed by atoms with E-state index in [2.05, 4.69) is 20.9 Å². The Morgan fingerprint density at radius 3 is 2.23 bits per heavy atom. The largest absolute Gasteiger partial charge is 0.357 e. The van der Waals surface area contributed by atoms with E-state index in [9.17, 15) is 9.59 Å². The molecule has 0 aliphatic carbocycles. The van der Waals surface area contributed by atoms with Crippen molar-refractivity contribution < 1.29 is 9.59 Å². The molecule has 0 aliphatic heterocycles. The summed E-state index contributed by atoms with van der Waals surface area (Å²) >= 11 is 0. The molecular formula is C19H31N5O2. The van der Waals surface area contributed by atoms with Crippen LogP contribution in [0.2, 0.25) is 0 Å². The number of benzene rings is 1. The summed E-state index contributed by atoms with van der Waals surface area (Å²) in [6, 6.07) is 9.11. The fourth-order valence-corrected chi connectivity index (χ4v) is 2.39. The lowest BCUT2D eigenvalue weighted by Gasteiger charge is -2.18. The van der Waals surface area contributed by atoms with Gasteiger partial charge in [-0.15, -0.1) is 0 Å². The smallest absolute Gasteiger partial charge is 0.251 e. The summed E-state index contributed by atoms with van der Waals surface area (Å²) in [4.78, 5) is 30.2. The first kappa shape index (κ1) is 21.5. The lowest BCUT2D eigenvalue weighted by atomic mass is 10.2. The van der Waals surface area contributed by atoms with Crippen molar-refractivity contribution in [3.63, 3.8) is 0 Å². The number of hydrogen-bond donors (Lipinski definition) is 3. The van der Waals surface area contributed by atoms with Gasteiger partial charge in [0, 0.05) is 44.7 Å².